The first-order valence-electron chi connectivity index (χ1n) is 7.07. The molecule has 1 amide bonds. The Kier molecular flexibility index (Phi) is 4.38. The standard InChI is InChI=1S/C17H15BrFNO2S/c1-9-3-4-12(19)7-14(9)20-15(21)8-23-17(20)11-5-10(2)16(22)13(18)6-11/h3-7,17,22H,8H2,1-2H3. The molecule has 2 aromatic rings. The number of thioether (sulfide) groups is 1. The number of hydrogen-bond donors (Lipinski definition) is 1. The van der Waals surface area contributed by atoms with Crippen molar-refractivity contribution in [1.82, 2.24) is 0 Å². The summed E-state index contributed by atoms with van der Waals surface area (Å²) in [5, 5.41) is 9.67. The van der Waals surface area contributed by atoms with Crippen LogP contribution in [0.2, 0.25) is 0 Å². The molecule has 6 heteroatoms. The van der Waals surface area contributed by atoms with Gasteiger partial charge >= 0.3 is 0 Å². The number of halogens is 2. The fourth-order valence-electron chi connectivity index (χ4n) is 2.68. The lowest BCUT2D eigenvalue weighted by Crippen LogP contribution is -2.28. The fraction of sp³-hybridized carbons (Fsp3) is 0.235. The average Bonchev–Trinajstić information content (AvgIpc) is 2.88. The van der Waals surface area contributed by atoms with Crippen molar-refractivity contribution >= 4 is 39.3 Å². The quantitative estimate of drug-likeness (QED) is 0.801. The molecule has 0 bridgehead atoms. The minimum absolute atomic E-state index is 0.0458. The van der Waals surface area contributed by atoms with E-state index in [4.69, 9.17) is 0 Å². The third kappa shape index (κ3) is 2.97. The summed E-state index contributed by atoms with van der Waals surface area (Å²) in [6.45, 7) is 3.67. The maximum atomic E-state index is 13.7. The van der Waals surface area contributed by atoms with E-state index in [1.165, 1.54) is 23.9 Å². The molecule has 1 heterocycles. The van der Waals surface area contributed by atoms with Gasteiger partial charge < -0.3 is 5.11 Å². The maximum absolute atomic E-state index is 13.7. The first-order valence-corrected chi connectivity index (χ1v) is 8.91. The highest BCUT2D eigenvalue weighted by atomic mass is 79.9. The van der Waals surface area contributed by atoms with Crippen molar-refractivity contribution in [2.24, 2.45) is 0 Å². The molecule has 120 valence electrons. The minimum Gasteiger partial charge on any atom is -0.506 e. The van der Waals surface area contributed by atoms with Gasteiger partial charge in [-0.15, -0.1) is 11.8 Å². The largest absolute Gasteiger partial charge is 0.506 e. The van der Waals surface area contributed by atoms with Crippen LogP contribution in [0.5, 0.6) is 5.75 Å². The van der Waals surface area contributed by atoms with E-state index in [9.17, 15) is 14.3 Å². The molecule has 1 N–H and O–H groups in total. The highest BCUT2D eigenvalue weighted by Gasteiger charge is 2.35. The molecule has 23 heavy (non-hydrogen) atoms. The number of anilines is 1. The highest BCUT2D eigenvalue weighted by molar-refractivity contribution is 9.10. The normalized spacial score (nSPS) is 17.8. The minimum atomic E-state index is -0.364. The third-order valence-corrected chi connectivity index (χ3v) is 5.68. The van der Waals surface area contributed by atoms with Crippen molar-refractivity contribution in [1.29, 1.82) is 0 Å². The molecule has 1 fully saturated rings. The molecule has 1 atom stereocenters. The van der Waals surface area contributed by atoms with Gasteiger partial charge in [0.15, 0.2) is 0 Å². The number of phenolic OH excluding ortho intramolecular Hbond substituents is 1. The Bertz CT molecular complexity index is 773. The van der Waals surface area contributed by atoms with Gasteiger partial charge in [0.25, 0.3) is 0 Å². The number of hydrogen-bond acceptors (Lipinski definition) is 3. The second kappa shape index (κ2) is 6.17. The molecule has 0 radical (unpaired) electrons. The second-order valence-electron chi connectivity index (χ2n) is 5.53. The van der Waals surface area contributed by atoms with Crippen LogP contribution in [0.15, 0.2) is 34.8 Å². The van der Waals surface area contributed by atoms with Crippen molar-refractivity contribution in [2.45, 2.75) is 19.2 Å². The van der Waals surface area contributed by atoms with Crippen molar-refractivity contribution < 1.29 is 14.3 Å². The SMILES string of the molecule is Cc1ccc(F)cc1N1C(=O)CSC1c1cc(C)c(O)c(Br)c1. The topological polar surface area (TPSA) is 40.5 Å². The first kappa shape index (κ1) is 16.3. The molecule has 1 aliphatic heterocycles. The van der Waals surface area contributed by atoms with E-state index in [0.29, 0.717) is 15.9 Å². The van der Waals surface area contributed by atoms with Crippen molar-refractivity contribution in [3.05, 3.63) is 57.3 Å². The summed E-state index contributed by atoms with van der Waals surface area (Å²) in [6, 6.07) is 8.13. The Morgan fingerprint density at radius 2 is 2.00 bits per heavy atom. The molecular formula is C17H15BrFNO2S. The van der Waals surface area contributed by atoms with Crippen LogP contribution in [0, 0.1) is 19.7 Å². The van der Waals surface area contributed by atoms with Crippen LogP contribution in [0.3, 0.4) is 0 Å². The lowest BCUT2D eigenvalue weighted by Gasteiger charge is -2.26. The summed E-state index contributed by atoms with van der Waals surface area (Å²) in [6.07, 6.45) is 0. The number of carbonyl (C=O) groups is 1. The van der Waals surface area contributed by atoms with Crippen LogP contribution >= 0.6 is 27.7 Å². The molecule has 1 aliphatic rings. The number of carbonyl (C=O) groups excluding carboxylic acids is 1. The van der Waals surface area contributed by atoms with E-state index in [0.717, 1.165) is 16.7 Å². The van der Waals surface area contributed by atoms with Crippen molar-refractivity contribution in [2.75, 3.05) is 10.7 Å². The first-order chi connectivity index (χ1) is 10.9. The lowest BCUT2D eigenvalue weighted by atomic mass is 10.1. The van der Waals surface area contributed by atoms with Crippen LogP contribution < -0.4 is 4.90 Å². The number of rotatable bonds is 2. The Morgan fingerprint density at radius 1 is 1.26 bits per heavy atom. The smallest absolute Gasteiger partial charge is 0.238 e. The van der Waals surface area contributed by atoms with Gasteiger partial charge in [0.05, 0.1) is 15.9 Å². The average molecular weight is 396 g/mol. The summed E-state index contributed by atoms with van der Waals surface area (Å²) >= 11 is 4.83. The molecule has 3 rings (SSSR count). The number of phenols is 1. The Hall–Kier alpha value is -1.53. The van der Waals surface area contributed by atoms with Crippen LogP contribution in [0.25, 0.3) is 0 Å². The monoisotopic (exact) mass is 395 g/mol. The number of nitrogens with zero attached hydrogens (tertiary/aromatic N) is 1. The van der Waals surface area contributed by atoms with Gasteiger partial charge in [0, 0.05) is 0 Å². The molecule has 0 aliphatic carbocycles. The van der Waals surface area contributed by atoms with E-state index < -0.39 is 0 Å². The number of amides is 1. The summed E-state index contributed by atoms with van der Waals surface area (Å²) < 4.78 is 14.2. The summed E-state index contributed by atoms with van der Waals surface area (Å²) in [7, 11) is 0. The van der Waals surface area contributed by atoms with Gasteiger partial charge in [-0.1, -0.05) is 6.07 Å². The summed E-state index contributed by atoms with van der Waals surface area (Å²) in [5.41, 5.74) is 3.06. The second-order valence-corrected chi connectivity index (χ2v) is 7.45. The van der Waals surface area contributed by atoms with E-state index in [1.807, 2.05) is 19.9 Å². The van der Waals surface area contributed by atoms with Gasteiger partial charge in [0.2, 0.25) is 5.91 Å². The van der Waals surface area contributed by atoms with Crippen molar-refractivity contribution in [3.63, 3.8) is 0 Å². The van der Waals surface area contributed by atoms with Gasteiger partial charge in [0.1, 0.15) is 16.9 Å². The van der Waals surface area contributed by atoms with Crippen LogP contribution in [0.4, 0.5) is 10.1 Å². The molecule has 1 saturated heterocycles. The Balaban J connectivity index is 2.09. The number of aryl methyl sites for hydroxylation is 2. The van der Waals surface area contributed by atoms with Gasteiger partial charge in [-0.25, -0.2) is 4.39 Å². The van der Waals surface area contributed by atoms with Gasteiger partial charge in [-0.05, 0) is 70.7 Å². The predicted molar refractivity (Wildman–Crippen MR) is 94.4 cm³/mol. The zero-order chi connectivity index (χ0) is 16.7. The fourth-order valence-corrected chi connectivity index (χ4v) is 4.40. The Labute approximate surface area is 146 Å². The van der Waals surface area contributed by atoms with E-state index in [-0.39, 0.29) is 22.8 Å². The maximum Gasteiger partial charge on any atom is 0.238 e. The zero-order valence-electron chi connectivity index (χ0n) is 12.6. The lowest BCUT2D eigenvalue weighted by molar-refractivity contribution is -0.115. The number of aromatic hydroxyl groups is 1. The molecular weight excluding hydrogens is 381 g/mol. The number of benzene rings is 2. The van der Waals surface area contributed by atoms with E-state index in [1.54, 1.807) is 17.0 Å². The summed E-state index contributed by atoms with van der Waals surface area (Å²) in [5.74, 6) is 0.127. The van der Waals surface area contributed by atoms with Crippen LogP contribution in [-0.4, -0.2) is 16.8 Å². The predicted octanol–water partition coefficient (Wildman–Crippen LogP) is 4.69. The van der Waals surface area contributed by atoms with Crippen LogP contribution in [-0.2, 0) is 4.79 Å². The molecule has 3 nitrogen and oxygen atoms in total. The zero-order valence-corrected chi connectivity index (χ0v) is 15.0. The van der Waals surface area contributed by atoms with Gasteiger partial charge in [-0.3, -0.25) is 9.69 Å². The highest BCUT2D eigenvalue weighted by Crippen LogP contribution is 2.44. The summed E-state index contributed by atoms with van der Waals surface area (Å²) in [4.78, 5) is 14.0. The molecule has 2 aromatic carbocycles. The molecule has 0 saturated carbocycles. The molecule has 1 unspecified atom stereocenters. The van der Waals surface area contributed by atoms with Crippen LogP contribution in [0.1, 0.15) is 22.1 Å². The molecule has 0 spiro atoms. The van der Waals surface area contributed by atoms with E-state index in [2.05, 4.69) is 15.9 Å². The Morgan fingerprint density at radius 3 is 2.70 bits per heavy atom. The van der Waals surface area contributed by atoms with Crippen molar-refractivity contribution in [3.8, 4) is 5.75 Å². The molecule has 0 aromatic heterocycles. The van der Waals surface area contributed by atoms with Gasteiger partial charge in [-0.2, -0.15) is 0 Å². The third-order valence-electron chi connectivity index (χ3n) is 3.86. The van der Waals surface area contributed by atoms with E-state index >= 15 is 0 Å².